The molecule has 0 spiro atoms. The summed E-state index contributed by atoms with van der Waals surface area (Å²) in [7, 11) is 0. The van der Waals surface area contributed by atoms with Crippen molar-refractivity contribution in [2.75, 3.05) is 22.5 Å². The van der Waals surface area contributed by atoms with Crippen molar-refractivity contribution in [3.05, 3.63) is 52.5 Å². The van der Waals surface area contributed by atoms with Gasteiger partial charge in [0.1, 0.15) is 0 Å². The van der Waals surface area contributed by atoms with E-state index >= 15 is 0 Å². The molecule has 0 saturated carbocycles. The zero-order chi connectivity index (χ0) is 18.9. The Morgan fingerprint density at radius 1 is 1.23 bits per heavy atom. The van der Waals surface area contributed by atoms with Crippen molar-refractivity contribution in [2.45, 2.75) is 18.7 Å². The van der Waals surface area contributed by atoms with Crippen molar-refractivity contribution in [3.63, 3.8) is 0 Å². The van der Waals surface area contributed by atoms with Crippen molar-refractivity contribution in [1.29, 1.82) is 0 Å². The Balaban J connectivity index is 1.77. The number of aliphatic hydroxyl groups is 1. The summed E-state index contributed by atoms with van der Waals surface area (Å²) in [6, 6.07) is 7.62. The number of hydrogen-bond acceptors (Lipinski definition) is 3. The SMILES string of the molecule is O=C(Nc1ccc(Cl)c(C(F)(F)F)c1)Nc1cccc2c1CC(O)CN2. The van der Waals surface area contributed by atoms with Gasteiger partial charge in [0.05, 0.1) is 16.7 Å². The number of alkyl halides is 3. The van der Waals surface area contributed by atoms with Gasteiger partial charge in [0.2, 0.25) is 0 Å². The molecule has 1 aliphatic heterocycles. The van der Waals surface area contributed by atoms with E-state index in [1.165, 1.54) is 6.07 Å². The number of benzene rings is 2. The van der Waals surface area contributed by atoms with Crippen LogP contribution in [0.1, 0.15) is 11.1 Å². The minimum absolute atomic E-state index is 0.0396. The number of fused-ring (bicyclic) bond motifs is 1. The predicted molar refractivity (Wildman–Crippen MR) is 93.7 cm³/mol. The van der Waals surface area contributed by atoms with E-state index in [-0.39, 0.29) is 5.69 Å². The second-order valence-electron chi connectivity index (χ2n) is 5.84. The van der Waals surface area contributed by atoms with Gasteiger partial charge in [0.15, 0.2) is 0 Å². The molecule has 9 heteroatoms. The molecule has 5 nitrogen and oxygen atoms in total. The monoisotopic (exact) mass is 385 g/mol. The summed E-state index contributed by atoms with van der Waals surface area (Å²) in [6.07, 6.45) is -4.84. The maximum absolute atomic E-state index is 12.9. The number of carbonyl (C=O) groups is 1. The maximum atomic E-state index is 12.9. The zero-order valence-electron chi connectivity index (χ0n) is 13.3. The third-order valence-electron chi connectivity index (χ3n) is 3.92. The van der Waals surface area contributed by atoms with Crippen molar-refractivity contribution in [1.82, 2.24) is 0 Å². The van der Waals surface area contributed by atoms with Gasteiger partial charge >= 0.3 is 12.2 Å². The lowest BCUT2D eigenvalue weighted by Gasteiger charge is -2.25. The van der Waals surface area contributed by atoms with E-state index < -0.39 is 28.9 Å². The van der Waals surface area contributed by atoms with Crippen LogP contribution in [-0.4, -0.2) is 23.8 Å². The van der Waals surface area contributed by atoms with E-state index in [0.29, 0.717) is 18.7 Å². The minimum Gasteiger partial charge on any atom is -0.391 e. The van der Waals surface area contributed by atoms with E-state index in [0.717, 1.165) is 23.4 Å². The lowest BCUT2D eigenvalue weighted by atomic mass is 9.99. The second kappa shape index (κ2) is 7.05. The van der Waals surface area contributed by atoms with Gasteiger partial charge in [0, 0.05) is 35.6 Å². The van der Waals surface area contributed by atoms with Gasteiger partial charge in [-0.15, -0.1) is 0 Å². The molecular weight excluding hydrogens is 371 g/mol. The summed E-state index contributed by atoms with van der Waals surface area (Å²) in [5.74, 6) is 0. The van der Waals surface area contributed by atoms with Crippen LogP contribution in [0, 0.1) is 0 Å². The molecule has 2 aromatic carbocycles. The molecule has 0 saturated heterocycles. The fourth-order valence-electron chi connectivity index (χ4n) is 2.73. The number of amides is 2. The molecule has 138 valence electrons. The van der Waals surface area contributed by atoms with Crippen LogP contribution in [-0.2, 0) is 12.6 Å². The van der Waals surface area contributed by atoms with Crippen molar-refractivity contribution in [2.24, 2.45) is 0 Å². The largest absolute Gasteiger partial charge is 0.417 e. The molecule has 0 fully saturated rings. The average Bonchev–Trinajstić information content (AvgIpc) is 2.56. The van der Waals surface area contributed by atoms with E-state index in [4.69, 9.17) is 11.6 Å². The van der Waals surface area contributed by atoms with Gasteiger partial charge in [-0.1, -0.05) is 17.7 Å². The molecule has 4 N–H and O–H groups in total. The van der Waals surface area contributed by atoms with E-state index in [9.17, 15) is 23.1 Å². The van der Waals surface area contributed by atoms with Crippen molar-refractivity contribution >= 4 is 34.7 Å². The van der Waals surface area contributed by atoms with E-state index in [1.54, 1.807) is 12.1 Å². The van der Waals surface area contributed by atoms with Gasteiger partial charge in [-0.05, 0) is 30.3 Å². The third kappa shape index (κ3) is 4.03. The van der Waals surface area contributed by atoms with Crippen molar-refractivity contribution < 1.29 is 23.1 Å². The summed E-state index contributed by atoms with van der Waals surface area (Å²) < 4.78 is 38.7. The molecule has 2 amide bonds. The van der Waals surface area contributed by atoms with Gasteiger partial charge in [-0.25, -0.2) is 4.79 Å². The predicted octanol–water partition coefficient (Wildman–Crippen LogP) is 4.33. The van der Waals surface area contributed by atoms with Gasteiger partial charge < -0.3 is 21.1 Å². The van der Waals surface area contributed by atoms with Crippen molar-refractivity contribution in [3.8, 4) is 0 Å². The first-order valence-electron chi connectivity index (χ1n) is 7.72. The molecule has 1 unspecified atom stereocenters. The van der Waals surface area contributed by atoms with Crippen LogP contribution in [0.4, 0.5) is 35.0 Å². The second-order valence-corrected chi connectivity index (χ2v) is 6.25. The number of carbonyl (C=O) groups excluding carboxylic acids is 1. The molecule has 0 bridgehead atoms. The zero-order valence-corrected chi connectivity index (χ0v) is 14.1. The summed E-state index contributed by atoms with van der Waals surface area (Å²) >= 11 is 5.56. The first-order chi connectivity index (χ1) is 12.2. The van der Waals surface area contributed by atoms with Crippen LogP contribution in [0.5, 0.6) is 0 Å². The number of urea groups is 1. The maximum Gasteiger partial charge on any atom is 0.417 e. The Kier molecular flexibility index (Phi) is 4.97. The number of β-amino-alcohol motifs (C(OH)–C–C–N with tert-alkyl or cyclic N) is 1. The topological polar surface area (TPSA) is 73.4 Å². The highest BCUT2D eigenvalue weighted by atomic mass is 35.5. The van der Waals surface area contributed by atoms with Gasteiger partial charge in [-0.2, -0.15) is 13.2 Å². The minimum atomic E-state index is -4.62. The molecule has 0 aromatic heterocycles. The number of hydrogen-bond donors (Lipinski definition) is 4. The first kappa shape index (κ1) is 18.3. The number of halogens is 4. The lowest BCUT2D eigenvalue weighted by molar-refractivity contribution is -0.137. The number of anilines is 3. The number of rotatable bonds is 2. The Labute approximate surface area is 152 Å². The average molecular weight is 386 g/mol. The summed E-state index contributed by atoms with van der Waals surface area (Å²) in [4.78, 5) is 12.2. The van der Waals surface area contributed by atoms with Crippen LogP contribution in [0.2, 0.25) is 5.02 Å². The number of nitrogens with one attached hydrogen (secondary N) is 3. The highest BCUT2D eigenvalue weighted by molar-refractivity contribution is 6.31. The Morgan fingerprint density at radius 3 is 2.73 bits per heavy atom. The van der Waals surface area contributed by atoms with Crippen LogP contribution < -0.4 is 16.0 Å². The fraction of sp³-hybridized carbons (Fsp3) is 0.235. The molecule has 1 aliphatic rings. The van der Waals surface area contributed by atoms with Crippen LogP contribution in [0.25, 0.3) is 0 Å². The number of aliphatic hydroxyl groups excluding tert-OH is 1. The quantitative estimate of drug-likeness (QED) is 0.621. The summed E-state index contributed by atoms with van der Waals surface area (Å²) in [5.41, 5.74) is 0.923. The molecule has 0 radical (unpaired) electrons. The Morgan fingerprint density at radius 2 is 2.00 bits per heavy atom. The van der Waals surface area contributed by atoms with Gasteiger partial charge in [0.25, 0.3) is 0 Å². The summed E-state index contributed by atoms with van der Waals surface area (Å²) in [5, 5.41) is 17.3. The smallest absolute Gasteiger partial charge is 0.391 e. The highest BCUT2D eigenvalue weighted by Crippen LogP contribution is 2.36. The molecule has 1 heterocycles. The molecule has 3 rings (SSSR count). The fourth-order valence-corrected chi connectivity index (χ4v) is 2.95. The molecular formula is C17H15ClF3N3O2. The lowest BCUT2D eigenvalue weighted by Crippen LogP contribution is -2.29. The van der Waals surface area contributed by atoms with E-state index in [2.05, 4.69) is 16.0 Å². The van der Waals surface area contributed by atoms with Crippen LogP contribution in [0.15, 0.2) is 36.4 Å². The van der Waals surface area contributed by atoms with Crippen LogP contribution >= 0.6 is 11.6 Å². The molecule has 1 atom stereocenters. The van der Waals surface area contributed by atoms with Crippen LogP contribution in [0.3, 0.4) is 0 Å². The van der Waals surface area contributed by atoms with Gasteiger partial charge in [-0.3, -0.25) is 0 Å². The highest BCUT2D eigenvalue weighted by Gasteiger charge is 2.33. The normalized spacial score (nSPS) is 16.4. The molecule has 26 heavy (non-hydrogen) atoms. The third-order valence-corrected chi connectivity index (χ3v) is 4.25. The van der Waals surface area contributed by atoms with E-state index in [1.807, 2.05) is 6.07 Å². The molecule has 0 aliphatic carbocycles. The Hall–Kier alpha value is -2.45. The first-order valence-corrected chi connectivity index (χ1v) is 8.10. The summed E-state index contributed by atoms with van der Waals surface area (Å²) in [6.45, 7) is 0.410. The standard InChI is InChI=1S/C17H15ClF3N3O2/c18-13-5-4-9(6-12(13)17(19,20)21)23-16(26)24-15-3-1-2-14-11(15)7-10(25)8-22-14/h1-6,10,22,25H,7-8H2,(H2,23,24,26). The Bertz CT molecular complexity index is 842. The molecule has 2 aromatic rings.